The molecule has 4 unspecified atom stereocenters. The summed E-state index contributed by atoms with van der Waals surface area (Å²) in [6.45, 7) is 14.5. The second-order valence-electron chi connectivity index (χ2n) is 17.8. The molecule has 0 radical (unpaired) electrons. The number of morpholine rings is 4. The number of hydrogen-bond acceptors (Lipinski definition) is 16. The summed E-state index contributed by atoms with van der Waals surface area (Å²) < 4.78 is 36.3. The number of halogens is 6. The number of nitrogens with zero attached hydrogens (tertiary/aromatic N) is 8. The summed E-state index contributed by atoms with van der Waals surface area (Å²) in [4.78, 5) is 100. The number of rotatable bonds is 0. The van der Waals surface area contributed by atoms with Crippen molar-refractivity contribution >= 4 is 117 Å². The Labute approximate surface area is 476 Å². The maximum atomic E-state index is 11.2. The van der Waals surface area contributed by atoms with Gasteiger partial charge in [-0.25, -0.2) is 0 Å². The number of carbonyl (C=O) groups is 8. The number of likely N-dealkylation sites (N-methyl/N-ethyl adjacent to an activating group) is 8. The summed E-state index contributed by atoms with van der Waals surface area (Å²) in [5.41, 5.74) is -1.53. The third-order valence-corrected chi connectivity index (χ3v) is 13.2. The van der Waals surface area contributed by atoms with Crippen molar-refractivity contribution in [2.24, 2.45) is 0 Å². The maximum Gasteiger partial charge on any atom is 0.298 e. The van der Waals surface area contributed by atoms with Crippen LogP contribution >= 0.6 is 69.6 Å². The van der Waals surface area contributed by atoms with Crippen LogP contribution in [0.2, 0.25) is 0 Å². The van der Waals surface area contributed by atoms with Gasteiger partial charge in [-0.05, 0) is 39.5 Å². The van der Waals surface area contributed by atoms with Gasteiger partial charge in [0.25, 0.3) is 44.5 Å². The molecule has 8 aliphatic heterocycles. The molecule has 8 rings (SSSR count). The molecule has 440 valence electrons. The van der Waals surface area contributed by atoms with Gasteiger partial charge in [-0.3, -0.25) is 38.4 Å². The van der Waals surface area contributed by atoms with E-state index in [1.54, 1.807) is 92.6 Å². The van der Waals surface area contributed by atoms with E-state index in [1.165, 1.54) is 9.80 Å². The van der Waals surface area contributed by atoms with E-state index in [9.17, 15) is 38.4 Å². The van der Waals surface area contributed by atoms with Gasteiger partial charge in [-0.1, -0.05) is 69.6 Å². The summed E-state index contributed by atoms with van der Waals surface area (Å²) in [7, 11) is 13.9. The highest BCUT2D eigenvalue weighted by atomic mass is 35.5. The molecule has 0 N–H and O–H groups in total. The minimum absolute atomic E-state index is 0.0799. The summed E-state index contributed by atoms with van der Waals surface area (Å²) >= 11 is 33.1. The lowest BCUT2D eigenvalue weighted by Crippen LogP contribution is -2.48. The van der Waals surface area contributed by atoms with E-state index in [-0.39, 0.29) is 60.9 Å². The quantitative estimate of drug-likeness (QED) is 0.313. The van der Waals surface area contributed by atoms with E-state index in [0.29, 0.717) is 65.9 Å². The second kappa shape index (κ2) is 37.2. The molecular formula is C46H78Cl6N8O16. The highest BCUT2D eigenvalue weighted by Crippen LogP contribution is 2.28. The van der Waals surface area contributed by atoms with E-state index >= 15 is 0 Å². The number of alkyl halides is 6. The lowest BCUT2D eigenvalue weighted by molar-refractivity contribution is -0.149. The molecule has 8 amide bonds. The van der Waals surface area contributed by atoms with E-state index in [4.69, 9.17) is 108 Å². The van der Waals surface area contributed by atoms with Crippen molar-refractivity contribution in [3.8, 4) is 0 Å². The zero-order valence-corrected chi connectivity index (χ0v) is 49.8. The molecule has 0 aromatic rings. The molecule has 0 bridgehead atoms. The molecule has 0 aliphatic carbocycles. The first-order valence-electron chi connectivity index (χ1n) is 24.5. The van der Waals surface area contributed by atoms with E-state index in [0.717, 1.165) is 65.0 Å². The van der Waals surface area contributed by atoms with Crippen molar-refractivity contribution in [3.63, 3.8) is 0 Å². The highest BCUT2D eigenvalue weighted by Gasteiger charge is 2.41. The number of carbonyl (C=O) groups excluding carboxylic acids is 8. The van der Waals surface area contributed by atoms with Gasteiger partial charge in [-0.2, -0.15) is 0 Å². The Hall–Kier alpha value is -2.82. The molecule has 8 saturated heterocycles. The fraction of sp³-hybridized carbons (Fsp3) is 0.826. The highest BCUT2D eigenvalue weighted by molar-refractivity contribution is 6.57. The zero-order valence-electron chi connectivity index (χ0n) is 45.2. The minimum Gasteiger partial charge on any atom is -0.372 e. The second-order valence-corrected chi connectivity index (χ2v) is 21.1. The van der Waals surface area contributed by atoms with Crippen molar-refractivity contribution in [2.45, 2.75) is 71.9 Å². The van der Waals surface area contributed by atoms with Crippen LogP contribution in [0.15, 0.2) is 0 Å². The fourth-order valence-electron chi connectivity index (χ4n) is 6.38. The van der Waals surface area contributed by atoms with E-state index in [1.807, 2.05) is 7.05 Å². The van der Waals surface area contributed by atoms with Gasteiger partial charge in [0.05, 0.1) is 39.6 Å². The monoisotopic (exact) mass is 1210 g/mol. The first-order valence-corrected chi connectivity index (χ1v) is 26.9. The minimum atomic E-state index is -1.68. The average molecular weight is 1210 g/mol. The Morgan fingerprint density at radius 1 is 0.368 bits per heavy atom. The average Bonchev–Trinajstić information content (AvgIpc) is 3.78. The number of amides is 8. The van der Waals surface area contributed by atoms with Crippen LogP contribution < -0.4 is 0 Å². The lowest BCUT2D eigenvalue weighted by Gasteiger charge is -2.30. The van der Waals surface area contributed by atoms with E-state index in [2.05, 4.69) is 0 Å². The molecule has 8 fully saturated rings. The molecule has 0 aromatic heterocycles. The molecular weight excluding hydrogens is 1130 g/mol. The standard InChI is InChI=1S/C7H13NO2.C6H9Cl2NO2.C6H10ClNO2.2C6H11NO2.C5H7Cl2NO2.C5H8ClNO2.C5H9NO2/c1-6-7(9)8(2)4-3-5-10-6;1-9-3-2-4-11-6(7,8)5(9)10;1-8-3-2-4-10-5(7)6(8)9;1-5-6(8)7(2)3-4-9-5;1-7-3-2-4-9-5-6(7)8;1-8-2-3-10-5(6,7)4(8)9;1-7-2-3-9-4(6)5(7)8;1-6-2-3-8-4-5(6)7/h6H,3-5H2,1-2H3;2-4H2,1H3;5H,2-4H2,1H3;5H,3-4H2,1-2H3;2-5H2,1H3;2-3H2,1H3;4H,2-3H2,1H3;2-4H2,1H3. The number of ether oxygens (including phenoxy) is 8. The summed E-state index contributed by atoms with van der Waals surface area (Å²) in [6.07, 6.45) is 3.07. The van der Waals surface area contributed by atoms with Gasteiger partial charge < -0.3 is 77.1 Å². The molecule has 24 nitrogen and oxygen atoms in total. The Balaban J connectivity index is 0.000000435. The van der Waals surface area contributed by atoms with Crippen LogP contribution in [0.3, 0.4) is 0 Å². The molecule has 0 saturated carbocycles. The van der Waals surface area contributed by atoms with Crippen LogP contribution in [-0.4, -0.2) is 294 Å². The first-order chi connectivity index (χ1) is 35.5. The van der Waals surface area contributed by atoms with Gasteiger partial charge >= 0.3 is 0 Å². The van der Waals surface area contributed by atoms with E-state index < -0.39 is 32.0 Å². The topological polar surface area (TPSA) is 236 Å². The van der Waals surface area contributed by atoms with Crippen LogP contribution in [0.1, 0.15) is 39.5 Å². The van der Waals surface area contributed by atoms with Gasteiger partial charge in [0.15, 0.2) is 0 Å². The molecule has 0 aromatic carbocycles. The Morgan fingerprint density at radius 3 is 1.18 bits per heavy atom. The van der Waals surface area contributed by atoms with Gasteiger partial charge in [0, 0.05) is 122 Å². The molecule has 8 heterocycles. The molecule has 8 aliphatic rings. The zero-order chi connectivity index (χ0) is 57.8. The fourth-order valence-corrected chi connectivity index (χ4v) is 7.78. The van der Waals surface area contributed by atoms with Crippen LogP contribution in [0, 0.1) is 0 Å². The predicted molar refractivity (Wildman–Crippen MR) is 284 cm³/mol. The lowest BCUT2D eigenvalue weighted by atomic mass is 10.3. The third-order valence-electron chi connectivity index (χ3n) is 11.5. The predicted octanol–water partition coefficient (Wildman–Crippen LogP) is 1.53. The number of hydrogen-bond donors (Lipinski definition) is 0. The van der Waals surface area contributed by atoms with Crippen molar-refractivity contribution in [1.82, 2.24) is 39.2 Å². The SMILES string of the molecule is CC1OCCCN(C)C1=O.CC1OCCN(C)C1=O.CN1CCCOC(Cl)(Cl)C1=O.CN1CCCOC(Cl)C1=O.CN1CCCOCC1=O.CN1CCOC(Cl)(Cl)C1=O.CN1CCOC(Cl)C1=O.CN1CCOCC1=O. The molecule has 76 heavy (non-hydrogen) atoms. The van der Waals surface area contributed by atoms with Crippen LogP contribution in [0.5, 0.6) is 0 Å². The van der Waals surface area contributed by atoms with Crippen molar-refractivity contribution < 1.29 is 76.3 Å². The largest absolute Gasteiger partial charge is 0.372 e. The van der Waals surface area contributed by atoms with Crippen molar-refractivity contribution in [3.05, 3.63) is 0 Å². The van der Waals surface area contributed by atoms with Crippen molar-refractivity contribution in [2.75, 3.05) is 175 Å². The Morgan fingerprint density at radius 2 is 0.684 bits per heavy atom. The van der Waals surface area contributed by atoms with Crippen LogP contribution in [-0.2, 0) is 76.3 Å². The molecule has 4 atom stereocenters. The van der Waals surface area contributed by atoms with Crippen molar-refractivity contribution in [1.29, 1.82) is 0 Å². The van der Waals surface area contributed by atoms with Gasteiger partial charge in [-0.15, -0.1) is 0 Å². The first kappa shape index (κ1) is 71.2. The third kappa shape index (κ3) is 27.4. The normalized spacial score (nSPS) is 26.1. The smallest absolute Gasteiger partial charge is 0.298 e. The van der Waals surface area contributed by atoms with Crippen LogP contribution in [0.4, 0.5) is 0 Å². The summed E-state index contributed by atoms with van der Waals surface area (Å²) in [5.74, 6) is -0.731. The maximum absolute atomic E-state index is 11.2. The molecule has 30 heteroatoms. The summed E-state index contributed by atoms with van der Waals surface area (Å²) in [6, 6.07) is 0. The molecule has 0 spiro atoms. The van der Waals surface area contributed by atoms with Crippen LogP contribution in [0.25, 0.3) is 0 Å². The Bertz CT molecular complexity index is 1720. The van der Waals surface area contributed by atoms with Gasteiger partial charge in [0.2, 0.25) is 22.9 Å². The summed E-state index contributed by atoms with van der Waals surface area (Å²) in [5, 5.41) is 0. The van der Waals surface area contributed by atoms with Gasteiger partial charge in [0.1, 0.15) is 25.4 Å². The Kier molecular flexibility index (Phi) is 34.8.